The van der Waals surface area contributed by atoms with Crippen molar-refractivity contribution in [1.82, 2.24) is 14.5 Å². The predicted octanol–water partition coefficient (Wildman–Crippen LogP) is 9.60. The van der Waals surface area contributed by atoms with Gasteiger partial charge in [0, 0.05) is 29.0 Å². The fourth-order valence-corrected chi connectivity index (χ4v) is 7.38. The number of nitrogens with zero attached hydrogens (tertiary/aromatic N) is 3. The average molecular weight is 562 g/mol. The standard InChI is InChI=1S/C41H27N3/c1-3-14-29(15-4-1)41(30-16-5-2-6-17-30)35-20-8-7-19-32(35)33-27-39-34(26-36(33)41)40-38(22-12-24-43-40)44(39)31-18-11-13-28(25-31)37-21-9-10-23-42-37/h1-27H. The zero-order valence-corrected chi connectivity index (χ0v) is 23.9. The van der Waals surface area contributed by atoms with Crippen LogP contribution in [0.25, 0.3) is 50.0 Å². The van der Waals surface area contributed by atoms with Crippen LogP contribution in [0.15, 0.2) is 164 Å². The molecule has 3 heterocycles. The molecule has 0 atom stereocenters. The fraction of sp³-hybridized carbons (Fsp3) is 0.0244. The topological polar surface area (TPSA) is 30.7 Å². The van der Waals surface area contributed by atoms with Gasteiger partial charge in [-0.1, -0.05) is 103 Å². The van der Waals surface area contributed by atoms with Crippen LogP contribution in [0.2, 0.25) is 0 Å². The summed E-state index contributed by atoms with van der Waals surface area (Å²) in [5.41, 5.74) is 13.5. The Labute approximate surface area is 255 Å². The first-order valence-corrected chi connectivity index (χ1v) is 15.0. The van der Waals surface area contributed by atoms with Crippen molar-refractivity contribution in [3.8, 4) is 28.1 Å². The number of benzene rings is 5. The summed E-state index contributed by atoms with van der Waals surface area (Å²) < 4.78 is 2.36. The highest BCUT2D eigenvalue weighted by atomic mass is 15.0. The van der Waals surface area contributed by atoms with E-state index in [4.69, 9.17) is 4.98 Å². The molecule has 3 nitrogen and oxygen atoms in total. The van der Waals surface area contributed by atoms with Gasteiger partial charge in [-0.25, -0.2) is 0 Å². The molecule has 0 spiro atoms. The summed E-state index contributed by atoms with van der Waals surface area (Å²) in [6.07, 6.45) is 3.75. The number of fused-ring (bicyclic) bond motifs is 6. The van der Waals surface area contributed by atoms with Gasteiger partial charge in [-0.15, -0.1) is 0 Å². The van der Waals surface area contributed by atoms with Crippen LogP contribution in [-0.4, -0.2) is 14.5 Å². The summed E-state index contributed by atoms with van der Waals surface area (Å²) in [4.78, 5) is 9.59. The maximum absolute atomic E-state index is 4.97. The van der Waals surface area contributed by atoms with E-state index in [2.05, 4.69) is 143 Å². The van der Waals surface area contributed by atoms with E-state index >= 15 is 0 Å². The van der Waals surface area contributed by atoms with Gasteiger partial charge in [-0.2, -0.15) is 0 Å². The first kappa shape index (κ1) is 24.8. The quantitative estimate of drug-likeness (QED) is 0.214. The highest BCUT2D eigenvalue weighted by molar-refractivity contribution is 6.10. The van der Waals surface area contributed by atoms with Gasteiger partial charge in [0.05, 0.1) is 27.7 Å². The zero-order chi connectivity index (χ0) is 29.1. The molecular weight excluding hydrogens is 534 g/mol. The first-order chi connectivity index (χ1) is 21.8. The largest absolute Gasteiger partial charge is 0.308 e. The molecule has 206 valence electrons. The second-order valence-electron chi connectivity index (χ2n) is 11.4. The van der Waals surface area contributed by atoms with E-state index in [0.717, 1.165) is 38.9 Å². The van der Waals surface area contributed by atoms with Crippen molar-refractivity contribution in [2.24, 2.45) is 0 Å². The maximum Gasteiger partial charge on any atom is 0.0963 e. The Kier molecular flexibility index (Phi) is 5.41. The van der Waals surface area contributed by atoms with E-state index in [1.165, 1.54) is 33.4 Å². The van der Waals surface area contributed by atoms with Crippen LogP contribution >= 0.6 is 0 Å². The van der Waals surface area contributed by atoms with Crippen LogP contribution in [0.4, 0.5) is 0 Å². The Morgan fingerprint density at radius 1 is 0.477 bits per heavy atom. The minimum absolute atomic E-state index is 0.454. The van der Waals surface area contributed by atoms with Crippen LogP contribution < -0.4 is 0 Å². The highest BCUT2D eigenvalue weighted by Gasteiger charge is 2.46. The fourth-order valence-electron chi connectivity index (χ4n) is 7.38. The molecule has 3 heteroatoms. The van der Waals surface area contributed by atoms with Crippen molar-refractivity contribution in [1.29, 1.82) is 0 Å². The third kappa shape index (κ3) is 3.44. The molecule has 0 aliphatic heterocycles. The van der Waals surface area contributed by atoms with Crippen molar-refractivity contribution in [2.75, 3.05) is 0 Å². The summed E-state index contributed by atoms with van der Waals surface area (Å²) in [5.74, 6) is 0. The molecule has 8 aromatic rings. The number of aromatic nitrogens is 3. The van der Waals surface area contributed by atoms with E-state index < -0.39 is 5.41 Å². The van der Waals surface area contributed by atoms with Crippen molar-refractivity contribution in [2.45, 2.75) is 5.41 Å². The van der Waals surface area contributed by atoms with E-state index in [1.54, 1.807) is 0 Å². The summed E-state index contributed by atoms with van der Waals surface area (Å²) in [5, 5.41) is 1.15. The lowest BCUT2D eigenvalue weighted by Gasteiger charge is -2.33. The lowest BCUT2D eigenvalue weighted by molar-refractivity contribution is 0.769. The Hall–Kier alpha value is -5.80. The van der Waals surface area contributed by atoms with E-state index in [9.17, 15) is 0 Å². The number of hydrogen-bond donors (Lipinski definition) is 0. The van der Waals surface area contributed by atoms with Crippen molar-refractivity contribution in [3.05, 3.63) is 186 Å². The molecule has 0 radical (unpaired) electrons. The number of hydrogen-bond acceptors (Lipinski definition) is 2. The third-order valence-corrected chi connectivity index (χ3v) is 9.16. The monoisotopic (exact) mass is 561 g/mol. The van der Waals surface area contributed by atoms with Gasteiger partial charge in [0.2, 0.25) is 0 Å². The Morgan fingerprint density at radius 2 is 1.20 bits per heavy atom. The van der Waals surface area contributed by atoms with E-state index in [0.29, 0.717) is 0 Å². The van der Waals surface area contributed by atoms with Crippen molar-refractivity contribution < 1.29 is 0 Å². The molecule has 0 bridgehead atoms. The van der Waals surface area contributed by atoms with Gasteiger partial charge in [0.15, 0.2) is 0 Å². The molecule has 1 aliphatic carbocycles. The third-order valence-electron chi connectivity index (χ3n) is 9.16. The normalized spacial score (nSPS) is 13.2. The molecule has 0 N–H and O–H groups in total. The molecule has 44 heavy (non-hydrogen) atoms. The molecule has 3 aromatic heterocycles. The molecule has 0 saturated heterocycles. The molecule has 0 amide bonds. The molecule has 0 fully saturated rings. The Bertz CT molecular complexity index is 2280. The van der Waals surface area contributed by atoms with Gasteiger partial charge in [0.1, 0.15) is 0 Å². The highest BCUT2D eigenvalue weighted by Crippen LogP contribution is 2.57. The maximum atomic E-state index is 4.97. The predicted molar refractivity (Wildman–Crippen MR) is 179 cm³/mol. The van der Waals surface area contributed by atoms with E-state index in [1.807, 2.05) is 30.6 Å². The van der Waals surface area contributed by atoms with E-state index in [-0.39, 0.29) is 0 Å². The molecule has 9 rings (SSSR count). The lowest BCUT2D eigenvalue weighted by atomic mass is 9.67. The van der Waals surface area contributed by atoms with Gasteiger partial charge >= 0.3 is 0 Å². The number of pyridine rings is 2. The average Bonchev–Trinajstić information content (AvgIpc) is 3.59. The summed E-state index contributed by atoms with van der Waals surface area (Å²) >= 11 is 0. The SMILES string of the molecule is c1ccc(C2(c3ccccc3)c3ccccc3-c3cc4c(cc32)c2ncccc2n4-c2cccc(-c3ccccn3)c2)cc1. The molecule has 0 saturated carbocycles. The Morgan fingerprint density at radius 3 is 1.98 bits per heavy atom. The second-order valence-corrected chi connectivity index (χ2v) is 11.4. The number of rotatable bonds is 4. The van der Waals surface area contributed by atoms with Crippen molar-refractivity contribution in [3.63, 3.8) is 0 Å². The Balaban J connectivity index is 1.40. The molecular formula is C41H27N3. The van der Waals surface area contributed by atoms with Crippen molar-refractivity contribution >= 4 is 21.9 Å². The van der Waals surface area contributed by atoms with Gasteiger partial charge in [-0.3, -0.25) is 9.97 Å². The van der Waals surface area contributed by atoms with Crippen LogP contribution in [0, 0.1) is 0 Å². The van der Waals surface area contributed by atoms with Gasteiger partial charge in [-0.05, 0) is 81.9 Å². The smallest absolute Gasteiger partial charge is 0.0963 e. The lowest BCUT2D eigenvalue weighted by Crippen LogP contribution is -2.28. The minimum Gasteiger partial charge on any atom is -0.308 e. The van der Waals surface area contributed by atoms with Crippen LogP contribution in [-0.2, 0) is 5.41 Å². The summed E-state index contributed by atoms with van der Waals surface area (Å²) in [7, 11) is 0. The molecule has 1 aliphatic rings. The van der Waals surface area contributed by atoms with Crippen LogP contribution in [0.1, 0.15) is 22.3 Å². The minimum atomic E-state index is -0.454. The van der Waals surface area contributed by atoms with Crippen LogP contribution in [0.5, 0.6) is 0 Å². The molecule has 5 aromatic carbocycles. The second kappa shape index (κ2) is 9.62. The van der Waals surface area contributed by atoms with Gasteiger partial charge < -0.3 is 4.57 Å². The van der Waals surface area contributed by atoms with Gasteiger partial charge in [0.25, 0.3) is 0 Å². The molecule has 0 unspecified atom stereocenters. The van der Waals surface area contributed by atoms with Crippen LogP contribution in [0.3, 0.4) is 0 Å². The first-order valence-electron chi connectivity index (χ1n) is 15.0. The summed E-state index contributed by atoms with van der Waals surface area (Å²) in [6, 6.07) is 54.5. The summed E-state index contributed by atoms with van der Waals surface area (Å²) in [6.45, 7) is 0. The zero-order valence-electron chi connectivity index (χ0n) is 23.9.